The van der Waals surface area contributed by atoms with Crippen LogP contribution in [0.5, 0.6) is 0 Å². The fourth-order valence-electron chi connectivity index (χ4n) is 2.62. The van der Waals surface area contributed by atoms with Gasteiger partial charge in [0.25, 0.3) is 0 Å². The number of fused-ring (bicyclic) bond motifs is 1. The Hall–Kier alpha value is -2.64. The minimum atomic E-state index is -0.863. The standard InChI is InChI=1S/C20H25N5O2/c1-19(2,12-27-13-20(3,4)26)25-18-15-7-10-22-11-16(15)23-17(24-18)14-5-8-21-9-6-14/h5-11,26H,12-13H2,1-4H3,(H,23,24,25). The first-order valence-electron chi connectivity index (χ1n) is 8.84. The first kappa shape index (κ1) is 19.1. The molecule has 0 saturated carbocycles. The fraction of sp³-hybridized carbons (Fsp3) is 0.400. The van der Waals surface area contributed by atoms with Crippen LogP contribution in [0, 0.1) is 0 Å². The van der Waals surface area contributed by atoms with Gasteiger partial charge in [0, 0.05) is 29.5 Å². The van der Waals surface area contributed by atoms with Crippen LogP contribution in [-0.4, -0.2) is 49.4 Å². The van der Waals surface area contributed by atoms with Gasteiger partial charge < -0.3 is 15.2 Å². The van der Waals surface area contributed by atoms with E-state index in [2.05, 4.69) is 20.3 Å². The van der Waals surface area contributed by atoms with Gasteiger partial charge in [-0.2, -0.15) is 0 Å². The zero-order valence-electron chi connectivity index (χ0n) is 16.1. The predicted octanol–water partition coefficient (Wildman–Crippen LogP) is 3.06. The van der Waals surface area contributed by atoms with E-state index in [0.29, 0.717) is 18.2 Å². The van der Waals surface area contributed by atoms with Crippen LogP contribution in [0.1, 0.15) is 27.7 Å². The summed E-state index contributed by atoms with van der Waals surface area (Å²) in [5, 5.41) is 14.2. The maximum Gasteiger partial charge on any atom is 0.162 e. The third kappa shape index (κ3) is 5.18. The Morgan fingerprint density at radius 3 is 2.37 bits per heavy atom. The number of nitrogens with one attached hydrogen (secondary N) is 1. The van der Waals surface area contributed by atoms with Crippen LogP contribution < -0.4 is 5.32 Å². The van der Waals surface area contributed by atoms with Crippen molar-refractivity contribution in [3.63, 3.8) is 0 Å². The highest BCUT2D eigenvalue weighted by Gasteiger charge is 2.22. The minimum absolute atomic E-state index is 0.259. The van der Waals surface area contributed by atoms with E-state index in [1.54, 1.807) is 38.6 Å². The largest absolute Gasteiger partial charge is 0.388 e. The number of rotatable bonds is 7. The highest BCUT2D eigenvalue weighted by molar-refractivity contribution is 5.90. The van der Waals surface area contributed by atoms with Gasteiger partial charge >= 0.3 is 0 Å². The van der Waals surface area contributed by atoms with Gasteiger partial charge in [-0.1, -0.05) is 0 Å². The lowest BCUT2D eigenvalue weighted by Gasteiger charge is -2.29. The summed E-state index contributed by atoms with van der Waals surface area (Å²) in [4.78, 5) is 17.6. The Balaban J connectivity index is 1.90. The van der Waals surface area contributed by atoms with Crippen LogP contribution in [0.4, 0.5) is 5.82 Å². The van der Waals surface area contributed by atoms with Crippen LogP contribution in [0.3, 0.4) is 0 Å². The average molecular weight is 367 g/mol. The molecular formula is C20H25N5O2. The molecule has 3 aromatic rings. The van der Waals surface area contributed by atoms with Crippen molar-refractivity contribution in [1.82, 2.24) is 19.9 Å². The Bertz CT molecular complexity index is 907. The molecule has 3 aromatic heterocycles. The molecule has 0 unspecified atom stereocenters. The third-order valence-corrected chi connectivity index (χ3v) is 3.81. The maximum absolute atomic E-state index is 9.83. The molecule has 2 N–H and O–H groups in total. The Kier molecular flexibility index (Phi) is 5.34. The Morgan fingerprint density at radius 2 is 1.67 bits per heavy atom. The summed E-state index contributed by atoms with van der Waals surface area (Å²) >= 11 is 0. The van der Waals surface area contributed by atoms with Crippen molar-refractivity contribution in [2.75, 3.05) is 18.5 Å². The highest BCUT2D eigenvalue weighted by Crippen LogP contribution is 2.26. The second-order valence-corrected chi connectivity index (χ2v) is 7.84. The summed E-state index contributed by atoms with van der Waals surface area (Å²) in [5.41, 5.74) is 0.383. The average Bonchev–Trinajstić information content (AvgIpc) is 2.60. The van der Waals surface area contributed by atoms with Crippen molar-refractivity contribution >= 4 is 16.7 Å². The number of ether oxygens (including phenoxy) is 1. The quantitative estimate of drug-likeness (QED) is 0.663. The number of nitrogens with zero attached hydrogens (tertiary/aromatic N) is 4. The third-order valence-electron chi connectivity index (χ3n) is 3.81. The topological polar surface area (TPSA) is 93.1 Å². The summed E-state index contributed by atoms with van der Waals surface area (Å²) < 4.78 is 5.69. The normalized spacial score (nSPS) is 12.3. The molecule has 0 fully saturated rings. The lowest BCUT2D eigenvalue weighted by atomic mass is 10.1. The van der Waals surface area contributed by atoms with E-state index >= 15 is 0 Å². The summed E-state index contributed by atoms with van der Waals surface area (Å²) in [6.07, 6.45) is 6.88. The summed E-state index contributed by atoms with van der Waals surface area (Å²) in [6.45, 7) is 8.17. The molecule has 0 aliphatic rings. The van der Waals surface area contributed by atoms with Crippen LogP contribution in [0.25, 0.3) is 22.3 Å². The molecule has 7 nitrogen and oxygen atoms in total. The molecule has 0 saturated heterocycles. The van der Waals surface area contributed by atoms with Crippen molar-refractivity contribution in [1.29, 1.82) is 0 Å². The van der Waals surface area contributed by atoms with Crippen molar-refractivity contribution in [3.8, 4) is 11.4 Å². The van der Waals surface area contributed by atoms with Crippen molar-refractivity contribution in [2.24, 2.45) is 0 Å². The number of hydrogen-bond acceptors (Lipinski definition) is 7. The van der Waals surface area contributed by atoms with E-state index < -0.39 is 11.1 Å². The SMILES string of the molecule is CC(C)(O)COCC(C)(C)Nc1nc(-c2ccncc2)nc2cnccc12. The number of aromatic nitrogens is 4. The van der Waals surface area contributed by atoms with Gasteiger partial charge in [0.15, 0.2) is 5.82 Å². The molecule has 0 radical (unpaired) electrons. The van der Waals surface area contributed by atoms with Gasteiger partial charge in [-0.25, -0.2) is 9.97 Å². The van der Waals surface area contributed by atoms with Crippen molar-refractivity contribution < 1.29 is 9.84 Å². The first-order valence-corrected chi connectivity index (χ1v) is 8.84. The molecule has 3 heterocycles. The molecule has 142 valence electrons. The van der Waals surface area contributed by atoms with E-state index in [-0.39, 0.29) is 6.61 Å². The smallest absolute Gasteiger partial charge is 0.162 e. The zero-order chi connectivity index (χ0) is 19.5. The number of aliphatic hydroxyl groups is 1. The van der Waals surface area contributed by atoms with Crippen LogP contribution >= 0.6 is 0 Å². The van der Waals surface area contributed by atoms with Gasteiger partial charge in [0.2, 0.25) is 0 Å². The summed E-state index contributed by atoms with van der Waals surface area (Å²) in [5.74, 6) is 1.32. The second kappa shape index (κ2) is 7.54. The van der Waals surface area contributed by atoms with E-state index in [0.717, 1.165) is 16.5 Å². The molecule has 0 atom stereocenters. The van der Waals surface area contributed by atoms with Crippen molar-refractivity contribution in [2.45, 2.75) is 38.8 Å². The molecule has 0 amide bonds. The van der Waals surface area contributed by atoms with Crippen molar-refractivity contribution in [3.05, 3.63) is 43.0 Å². The molecule has 3 rings (SSSR count). The summed E-state index contributed by atoms with van der Waals surface area (Å²) in [7, 11) is 0. The van der Waals surface area contributed by atoms with Crippen LogP contribution in [-0.2, 0) is 4.74 Å². The van der Waals surface area contributed by atoms with Gasteiger partial charge in [-0.15, -0.1) is 0 Å². The van der Waals surface area contributed by atoms with E-state index in [4.69, 9.17) is 9.72 Å². The van der Waals surface area contributed by atoms with Crippen LogP contribution in [0.15, 0.2) is 43.0 Å². The number of anilines is 1. The van der Waals surface area contributed by atoms with E-state index in [1.807, 2.05) is 32.0 Å². The lowest BCUT2D eigenvalue weighted by molar-refractivity contribution is -0.0289. The van der Waals surface area contributed by atoms with Crippen LogP contribution in [0.2, 0.25) is 0 Å². The zero-order valence-corrected chi connectivity index (χ0v) is 16.1. The molecule has 27 heavy (non-hydrogen) atoms. The van der Waals surface area contributed by atoms with Gasteiger partial charge in [-0.3, -0.25) is 9.97 Å². The van der Waals surface area contributed by atoms with E-state index in [9.17, 15) is 5.11 Å². The van der Waals surface area contributed by atoms with Gasteiger partial charge in [0.05, 0.1) is 36.1 Å². The molecule has 7 heteroatoms. The highest BCUT2D eigenvalue weighted by atomic mass is 16.5. The number of hydrogen-bond donors (Lipinski definition) is 2. The molecular weight excluding hydrogens is 342 g/mol. The Labute approximate surface area is 158 Å². The minimum Gasteiger partial charge on any atom is -0.388 e. The molecule has 0 aliphatic carbocycles. The maximum atomic E-state index is 9.83. The molecule has 0 spiro atoms. The molecule has 0 bridgehead atoms. The predicted molar refractivity (Wildman–Crippen MR) is 105 cm³/mol. The first-order chi connectivity index (χ1) is 12.7. The Morgan fingerprint density at radius 1 is 0.963 bits per heavy atom. The van der Waals surface area contributed by atoms with Gasteiger partial charge in [0.1, 0.15) is 5.82 Å². The molecule has 0 aromatic carbocycles. The van der Waals surface area contributed by atoms with E-state index in [1.165, 1.54) is 0 Å². The lowest BCUT2D eigenvalue weighted by Crippen LogP contribution is -2.39. The fourth-order valence-corrected chi connectivity index (χ4v) is 2.62. The van der Waals surface area contributed by atoms with Gasteiger partial charge in [-0.05, 0) is 45.9 Å². The summed E-state index contributed by atoms with van der Waals surface area (Å²) in [6, 6.07) is 5.64. The second-order valence-electron chi connectivity index (χ2n) is 7.84. The molecule has 0 aliphatic heterocycles. The monoisotopic (exact) mass is 367 g/mol. The number of pyridine rings is 2.